The molecule has 1 aromatic rings. The topological polar surface area (TPSA) is 14.1 Å². The van der Waals surface area contributed by atoms with E-state index in [0.29, 0.717) is 0 Å². The number of hydrogen-bond acceptors (Lipinski definition) is 0. The second-order valence-corrected chi connectivity index (χ2v) is 2.74. The zero-order chi connectivity index (χ0) is 8.23. The van der Waals surface area contributed by atoms with Crippen molar-refractivity contribution in [3.8, 4) is 0 Å². The van der Waals surface area contributed by atoms with Crippen LogP contribution >= 0.6 is 0 Å². The first-order valence-corrected chi connectivity index (χ1v) is 4.06. The van der Waals surface area contributed by atoms with Gasteiger partial charge in [0, 0.05) is 6.08 Å². The third kappa shape index (κ3) is 1.36. The lowest BCUT2D eigenvalue weighted by atomic mass is 10.0. The fraction of sp³-hybridized carbons (Fsp3) is 0.0909. The smallest absolute Gasteiger partial charge is 0.105 e. The van der Waals surface area contributed by atoms with Gasteiger partial charge in [0.25, 0.3) is 12.4 Å². The maximum absolute atomic E-state index is 4.03. The summed E-state index contributed by atoms with van der Waals surface area (Å²) in [6, 6.07) is 10.4. The molecule has 0 saturated heterocycles. The first-order chi connectivity index (χ1) is 5.97. The lowest BCUT2D eigenvalue weighted by Gasteiger charge is -2.00. The molecule has 12 heavy (non-hydrogen) atoms. The van der Waals surface area contributed by atoms with Gasteiger partial charge in [-0.15, -0.1) is 4.67 Å². The Labute approximate surface area is 71.8 Å². The number of allylic oxidation sites excluding steroid dienone is 2. The van der Waals surface area contributed by atoms with Crippen LogP contribution in [0, 0.1) is 0 Å². The standard InChI is InChI=1S/C11H10N/c1-2-4-10(5-3-1)11-6-8-12-9-7-11/h1-6,8-9H,7H2/q+1. The van der Waals surface area contributed by atoms with Gasteiger partial charge in [0.15, 0.2) is 0 Å². The highest BCUT2D eigenvalue weighted by atomic mass is 14.5. The number of rotatable bonds is 1. The summed E-state index contributed by atoms with van der Waals surface area (Å²) in [6.45, 7) is 0. The molecular weight excluding hydrogens is 146 g/mol. The van der Waals surface area contributed by atoms with Crippen LogP contribution in [0.1, 0.15) is 12.0 Å². The Morgan fingerprint density at radius 1 is 1.08 bits per heavy atom. The fourth-order valence-electron chi connectivity index (χ4n) is 1.28. The van der Waals surface area contributed by atoms with Crippen molar-refractivity contribution in [2.45, 2.75) is 6.42 Å². The Kier molecular flexibility index (Phi) is 1.89. The number of hydrogen-bond donors (Lipinski definition) is 0. The highest BCUT2D eigenvalue weighted by Gasteiger charge is 2.04. The van der Waals surface area contributed by atoms with Crippen LogP contribution in [0.5, 0.6) is 0 Å². The van der Waals surface area contributed by atoms with Crippen LogP contribution in [0.4, 0.5) is 0 Å². The summed E-state index contributed by atoms with van der Waals surface area (Å²) < 4.78 is 4.03. The predicted octanol–water partition coefficient (Wildman–Crippen LogP) is 1.68. The molecule has 1 heterocycles. The minimum absolute atomic E-state index is 0.945. The maximum atomic E-state index is 4.03. The summed E-state index contributed by atoms with van der Waals surface area (Å²) in [5.74, 6) is 0. The predicted molar refractivity (Wildman–Crippen MR) is 53.3 cm³/mol. The molecule has 1 aliphatic rings. The van der Waals surface area contributed by atoms with Gasteiger partial charge < -0.3 is 0 Å². The minimum atomic E-state index is 0.945. The molecule has 0 radical (unpaired) electrons. The first-order valence-electron chi connectivity index (χ1n) is 4.06. The molecule has 0 atom stereocenters. The van der Waals surface area contributed by atoms with Crippen LogP contribution in [0.25, 0.3) is 5.57 Å². The van der Waals surface area contributed by atoms with Gasteiger partial charge in [0.1, 0.15) is 0 Å². The quantitative estimate of drug-likeness (QED) is 0.549. The van der Waals surface area contributed by atoms with E-state index in [1.54, 1.807) is 0 Å². The largest absolute Gasteiger partial charge is 0.292 e. The van der Waals surface area contributed by atoms with Crippen molar-refractivity contribution < 1.29 is 0 Å². The number of nitrogens with zero attached hydrogens (tertiary/aromatic N) is 1. The second-order valence-electron chi connectivity index (χ2n) is 2.74. The average molecular weight is 156 g/mol. The van der Waals surface area contributed by atoms with Gasteiger partial charge in [-0.1, -0.05) is 30.3 Å². The van der Waals surface area contributed by atoms with Crippen LogP contribution in [0.15, 0.2) is 36.4 Å². The Balaban J connectivity index is 2.34. The number of benzene rings is 1. The van der Waals surface area contributed by atoms with Crippen molar-refractivity contribution in [2.24, 2.45) is 0 Å². The molecule has 0 aliphatic carbocycles. The summed E-state index contributed by atoms with van der Waals surface area (Å²) in [4.78, 5) is 0. The van der Waals surface area contributed by atoms with E-state index in [4.69, 9.17) is 0 Å². The van der Waals surface area contributed by atoms with Gasteiger partial charge >= 0.3 is 0 Å². The van der Waals surface area contributed by atoms with Crippen molar-refractivity contribution in [2.75, 3.05) is 0 Å². The van der Waals surface area contributed by atoms with E-state index in [-0.39, 0.29) is 0 Å². The summed E-state index contributed by atoms with van der Waals surface area (Å²) in [5.41, 5.74) is 2.63. The molecule has 0 aromatic heterocycles. The van der Waals surface area contributed by atoms with Gasteiger partial charge in [0.05, 0.1) is 6.42 Å². The van der Waals surface area contributed by atoms with E-state index in [2.05, 4.69) is 35.0 Å². The van der Waals surface area contributed by atoms with Gasteiger partial charge in [0.2, 0.25) is 0 Å². The summed E-state index contributed by atoms with van der Waals surface area (Å²) in [5, 5.41) is 0. The van der Waals surface area contributed by atoms with E-state index >= 15 is 0 Å². The first kappa shape index (κ1) is 7.08. The molecule has 0 bridgehead atoms. The Morgan fingerprint density at radius 3 is 2.58 bits per heavy atom. The molecule has 58 valence electrons. The van der Waals surface area contributed by atoms with Gasteiger partial charge in [-0.25, -0.2) is 0 Å². The molecule has 1 heteroatoms. The molecule has 1 nitrogen and oxygen atoms in total. The molecule has 0 amide bonds. The molecule has 0 saturated carbocycles. The minimum Gasteiger partial charge on any atom is -0.105 e. The van der Waals surface area contributed by atoms with E-state index < -0.39 is 0 Å². The molecule has 0 N–H and O–H groups in total. The van der Waals surface area contributed by atoms with Crippen molar-refractivity contribution in [3.63, 3.8) is 0 Å². The molecule has 1 aliphatic heterocycles. The van der Waals surface area contributed by atoms with Gasteiger partial charge in [-0.3, -0.25) is 0 Å². The Morgan fingerprint density at radius 2 is 1.92 bits per heavy atom. The maximum Gasteiger partial charge on any atom is 0.292 e. The van der Waals surface area contributed by atoms with Gasteiger partial charge in [-0.05, 0) is 11.1 Å². The summed E-state index contributed by atoms with van der Waals surface area (Å²) >= 11 is 0. The lowest BCUT2D eigenvalue weighted by molar-refractivity contribution is 1.45. The highest BCUT2D eigenvalue weighted by molar-refractivity contribution is 5.93. The molecule has 1 aromatic carbocycles. The molecule has 0 fully saturated rings. The lowest BCUT2D eigenvalue weighted by Crippen LogP contribution is -1.94. The molecular formula is C11H10N+. The van der Waals surface area contributed by atoms with Gasteiger partial charge in [-0.2, -0.15) is 0 Å². The third-order valence-electron chi connectivity index (χ3n) is 1.92. The van der Waals surface area contributed by atoms with E-state index in [1.807, 2.05) is 18.5 Å². The van der Waals surface area contributed by atoms with Crippen LogP contribution in [0.2, 0.25) is 0 Å². The Hall–Kier alpha value is -1.59. The van der Waals surface area contributed by atoms with E-state index in [0.717, 1.165) is 6.42 Å². The average Bonchev–Trinajstić information content (AvgIpc) is 2.21. The fourth-order valence-corrected chi connectivity index (χ4v) is 1.28. The van der Waals surface area contributed by atoms with Crippen LogP contribution < -0.4 is 4.67 Å². The molecule has 0 spiro atoms. The summed E-state index contributed by atoms with van der Waals surface area (Å²) in [7, 11) is 0. The normalized spacial score (nSPS) is 14.5. The summed E-state index contributed by atoms with van der Waals surface area (Å²) in [6.07, 6.45) is 6.78. The van der Waals surface area contributed by atoms with E-state index in [9.17, 15) is 0 Å². The van der Waals surface area contributed by atoms with Crippen molar-refractivity contribution in [1.82, 2.24) is 4.67 Å². The van der Waals surface area contributed by atoms with Crippen LogP contribution in [-0.4, -0.2) is 12.4 Å². The zero-order valence-corrected chi connectivity index (χ0v) is 6.77. The van der Waals surface area contributed by atoms with Crippen molar-refractivity contribution >= 4 is 18.0 Å². The molecule has 0 unspecified atom stereocenters. The highest BCUT2D eigenvalue weighted by Crippen LogP contribution is 2.16. The van der Waals surface area contributed by atoms with E-state index in [1.165, 1.54) is 11.1 Å². The Bertz CT molecular complexity index is 354. The zero-order valence-electron chi connectivity index (χ0n) is 6.77. The van der Waals surface area contributed by atoms with Crippen LogP contribution in [-0.2, 0) is 0 Å². The third-order valence-corrected chi connectivity index (χ3v) is 1.92. The monoisotopic (exact) mass is 156 g/mol. The SMILES string of the molecule is C1=[N+]=CCC(c2ccccc2)=C1. The second kappa shape index (κ2) is 3.21. The van der Waals surface area contributed by atoms with Crippen LogP contribution in [0.3, 0.4) is 0 Å². The van der Waals surface area contributed by atoms with Crippen molar-refractivity contribution in [3.05, 3.63) is 42.0 Å². The van der Waals surface area contributed by atoms with Crippen molar-refractivity contribution in [1.29, 1.82) is 0 Å². The molecule has 2 rings (SSSR count).